The van der Waals surface area contributed by atoms with E-state index in [-0.39, 0.29) is 0 Å². The smallest absolute Gasteiger partial charge is 0.0506 e. The van der Waals surface area contributed by atoms with Crippen molar-refractivity contribution in [2.75, 3.05) is 10.6 Å². The number of nitrogens with one attached hydrogen (secondary N) is 1. The van der Waals surface area contributed by atoms with Gasteiger partial charge in [0.2, 0.25) is 0 Å². The molecule has 0 saturated carbocycles. The van der Waals surface area contributed by atoms with Crippen LogP contribution >= 0.6 is 35.0 Å². The first-order valence-electron chi connectivity index (χ1n) is 4.75. The van der Waals surface area contributed by atoms with E-state index in [0.717, 1.165) is 5.69 Å². The Balaban J connectivity index is 0.000000171. The molecule has 0 aliphatic heterocycles. The van der Waals surface area contributed by atoms with E-state index >= 15 is 0 Å². The summed E-state index contributed by atoms with van der Waals surface area (Å²) >= 11 is 16.5. The highest BCUT2D eigenvalue weighted by molar-refractivity contribution is 6.31. The third kappa shape index (κ3) is 5.68. The van der Waals surface area contributed by atoms with Crippen LogP contribution in [0.4, 0.5) is 11.4 Å². The predicted molar refractivity (Wildman–Crippen MR) is 76.8 cm³/mol. The summed E-state index contributed by atoms with van der Waals surface area (Å²) in [5.41, 5.74) is 6.89. The molecule has 2 aromatic carbocycles. The zero-order valence-electron chi connectivity index (χ0n) is 8.83. The highest BCUT2D eigenvalue weighted by Gasteiger charge is 1.87. The van der Waals surface area contributed by atoms with Crippen molar-refractivity contribution in [3.8, 4) is 0 Å². The molecule has 0 bridgehead atoms. The third-order valence-corrected chi connectivity index (χ3v) is 2.47. The van der Waals surface area contributed by atoms with Gasteiger partial charge >= 0.3 is 0 Å². The van der Waals surface area contributed by atoms with Crippen molar-refractivity contribution in [2.45, 2.75) is 0 Å². The van der Waals surface area contributed by atoms with Crippen molar-refractivity contribution in [3.05, 3.63) is 58.6 Å². The summed E-state index contributed by atoms with van der Waals surface area (Å²) in [7, 11) is 0. The highest BCUT2D eigenvalue weighted by Crippen LogP contribution is 2.14. The quantitative estimate of drug-likeness (QED) is 0.583. The van der Waals surface area contributed by atoms with Gasteiger partial charge in [0.25, 0.3) is 0 Å². The van der Waals surface area contributed by atoms with E-state index in [0.29, 0.717) is 15.7 Å². The standard InChI is InChI=1S/C6H5Cl2N.C6H6ClN/c7-5-2-1-3-6(4-5)9-8;7-5-2-1-3-6(8)4-5/h1-4,9H;1-4H,8H2. The lowest BCUT2D eigenvalue weighted by atomic mass is 10.3. The molecule has 0 aliphatic rings. The van der Waals surface area contributed by atoms with E-state index in [1.165, 1.54) is 0 Å². The molecule has 3 N–H and O–H groups in total. The van der Waals surface area contributed by atoms with Gasteiger partial charge in [0.05, 0.1) is 5.69 Å². The number of anilines is 2. The van der Waals surface area contributed by atoms with Crippen molar-refractivity contribution in [2.24, 2.45) is 0 Å². The molecule has 0 aromatic heterocycles. The molecule has 17 heavy (non-hydrogen) atoms. The zero-order valence-corrected chi connectivity index (χ0v) is 11.1. The third-order valence-electron chi connectivity index (χ3n) is 1.78. The molecular formula is C12H11Cl3N2. The molecule has 2 aromatic rings. The molecule has 0 heterocycles. The number of nitrogen functional groups attached to an aromatic ring is 1. The van der Waals surface area contributed by atoms with Crippen LogP contribution in [-0.4, -0.2) is 0 Å². The minimum atomic E-state index is 0.681. The molecule has 0 aliphatic carbocycles. The number of halogens is 3. The largest absolute Gasteiger partial charge is 0.399 e. The van der Waals surface area contributed by atoms with Crippen LogP contribution in [0.5, 0.6) is 0 Å². The SMILES string of the molecule is ClNc1cccc(Cl)c1.Nc1cccc(Cl)c1. The summed E-state index contributed by atoms with van der Waals surface area (Å²) in [5.74, 6) is 0. The minimum Gasteiger partial charge on any atom is -0.399 e. The van der Waals surface area contributed by atoms with Gasteiger partial charge in [-0.15, -0.1) is 0 Å². The van der Waals surface area contributed by atoms with Gasteiger partial charge in [-0.3, -0.25) is 4.84 Å². The van der Waals surface area contributed by atoms with Crippen LogP contribution in [0.25, 0.3) is 0 Å². The number of hydrogen-bond acceptors (Lipinski definition) is 2. The average Bonchev–Trinajstić information content (AvgIpc) is 2.29. The number of rotatable bonds is 1. The van der Waals surface area contributed by atoms with Crippen LogP contribution in [0.15, 0.2) is 48.5 Å². The van der Waals surface area contributed by atoms with Crippen molar-refractivity contribution in [1.82, 2.24) is 0 Å². The van der Waals surface area contributed by atoms with E-state index in [4.69, 9.17) is 40.7 Å². The average molecular weight is 290 g/mol. The fraction of sp³-hybridized carbons (Fsp3) is 0. The van der Waals surface area contributed by atoms with Crippen LogP contribution in [0.1, 0.15) is 0 Å². The van der Waals surface area contributed by atoms with Gasteiger partial charge in [0, 0.05) is 27.5 Å². The Morgan fingerprint density at radius 3 is 1.82 bits per heavy atom. The second-order valence-electron chi connectivity index (χ2n) is 3.16. The van der Waals surface area contributed by atoms with Crippen LogP contribution in [0, 0.1) is 0 Å². The van der Waals surface area contributed by atoms with Crippen molar-refractivity contribution in [3.63, 3.8) is 0 Å². The Labute approximate surface area is 115 Å². The van der Waals surface area contributed by atoms with Crippen molar-refractivity contribution < 1.29 is 0 Å². The summed E-state index contributed by atoms with van der Waals surface area (Å²) in [4.78, 5) is 2.46. The maximum absolute atomic E-state index is 5.62. The zero-order chi connectivity index (χ0) is 12.7. The monoisotopic (exact) mass is 288 g/mol. The lowest BCUT2D eigenvalue weighted by Gasteiger charge is -1.94. The van der Waals surface area contributed by atoms with Gasteiger partial charge in [0.1, 0.15) is 0 Å². The van der Waals surface area contributed by atoms with Crippen LogP contribution in [0.3, 0.4) is 0 Å². The van der Waals surface area contributed by atoms with Crippen LogP contribution < -0.4 is 10.6 Å². The molecule has 0 spiro atoms. The molecule has 2 nitrogen and oxygen atoms in total. The highest BCUT2D eigenvalue weighted by atomic mass is 35.5. The molecule has 90 valence electrons. The number of hydrogen-bond donors (Lipinski definition) is 2. The Kier molecular flexibility index (Phi) is 5.98. The van der Waals surface area contributed by atoms with E-state index in [1.807, 2.05) is 18.2 Å². The summed E-state index contributed by atoms with van der Waals surface area (Å²) < 4.78 is 0. The first kappa shape index (κ1) is 14.0. The van der Waals surface area contributed by atoms with Gasteiger partial charge in [-0.05, 0) is 36.4 Å². The van der Waals surface area contributed by atoms with Crippen LogP contribution in [-0.2, 0) is 0 Å². The Hall–Kier alpha value is -1.09. The van der Waals surface area contributed by atoms with Crippen molar-refractivity contribution >= 4 is 46.4 Å². The maximum atomic E-state index is 5.62. The number of benzene rings is 2. The first-order chi connectivity index (χ1) is 8.11. The molecule has 0 atom stereocenters. The molecule has 0 radical (unpaired) electrons. The summed E-state index contributed by atoms with van der Waals surface area (Å²) in [6.45, 7) is 0. The van der Waals surface area contributed by atoms with Gasteiger partial charge in [-0.1, -0.05) is 35.3 Å². The lowest BCUT2D eigenvalue weighted by molar-refractivity contribution is 1.68. The molecule has 2 rings (SSSR count). The van der Waals surface area contributed by atoms with Gasteiger partial charge in [0.15, 0.2) is 0 Å². The van der Waals surface area contributed by atoms with Gasteiger partial charge in [-0.25, -0.2) is 0 Å². The molecule has 0 amide bonds. The molecule has 5 heteroatoms. The molecule has 0 unspecified atom stereocenters. The summed E-state index contributed by atoms with van der Waals surface area (Å²) in [5, 5.41) is 1.37. The van der Waals surface area contributed by atoms with E-state index < -0.39 is 0 Å². The fourth-order valence-electron chi connectivity index (χ4n) is 1.05. The number of nitrogens with two attached hydrogens (primary N) is 1. The Bertz CT molecular complexity index is 458. The summed E-state index contributed by atoms with van der Waals surface area (Å²) in [6, 6.07) is 14.3. The summed E-state index contributed by atoms with van der Waals surface area (Å²) in [6.07, 6.45) is 0. The second-order valence-corrected chi connectivity index (χ2v) is 4.22. The fourth-order valence-corrected chi connectivity index (χ4v) is 1.56. The normalized spacial score (nSPS) is 9.12. The minimum absolute atomic E-state index is 0.681. The molecule has 0 fully saturated rings. The molecule has 0 saturated heterocycles. The Morgan fingerprint density at radius 2 is 1.47 bits per heavy atom. The maximum Gasteiger partial charge on any atom is 0.0506 e. The first-order valence-corrected chi connectivity index (χ1v) is 5.88. The lowest BCUT2D eigenvalue weighted by Crippen LogP contribution is -1.80. The Morgan fingerprint density at radius 1 is 0.882 bits per heavy atom. The molecular weight excluding hydrogens is 279 g/mol. The predicted octanol–water partition coefficient (Wildman–Crippen LogP) is 4.83. The second kappa shape index (κ2) is 7.28. The van der Waals surface area contributed by atoms with E-state index in [1.54, 1.807) is 30.3 Å². The topological polar surface area (TPSA) is 38.0 Å². The van der Waals surface area contributed by atoms with Gasteiger partial charge < -0.3 is 5.73 Å². The van der Waals surface area contributed by atoms with Gasteiger partial charge in [-0.2, -0.15) is 0 Å². The van der Waals surface area contributed by atoms with E-state index in [2.05, 4.69) is 4.84 Å². The van der Waals surface area contributed by atoms with Crippen molar-refractivity contribution in [1.29, 1.82) is 0 Å². The van der Waals surface area contributed by atoms with Crippen LogP contribution in [0.2, 0.25) is 10.0 Å². The van der Waals surface area contributed by atoms with E-state index in [9.17, 15) is 0 Å².